The Morgan fingerprint density at radius 2 is 1.54 bits per heavy atom. The van der Waals surface area contributed by atoms with Gasteiger partial charge in [0.2, 0.25) is 5.91 Å². The molecular weight excluding hydrogens is 356 g/mol. The average molecular weight is 372 g/mol. The van der Waals surface area contributed by atoms with Crippen LogP contribution in [0.1, 0.15) is 26.3 Å². The molecule has 0 unspecified atom stereocenters. The minimum Gasteiger partial charge on any atom is -0.478 e. The monoisotopic (exact) mass is 372 g/mol. The molecule has 1 aliphatic heterocycles. The SMILES string of the molecule is Cc1c(C(=O)O)cccc1C(=O)O.O=C1CN(c2ccccc2)C(=S)N1. The first-order chi connectivity index (χ1) is 12.3. The molecule has 0 bridgehead atoms. The van der Waals surface area contributed by atoms with Crippen LogP contribution in [-0.2, 0) is 4.79 Å². The second-order valence-corrected chi connectivity index (χ2v) is 5.75. The molecule has 2 aromatic rings. The summed E-state index contributed by atoms with van der Waals surface area (Å²) in [7, 11) is 0. The summed E-state index contributed by atoms with van der Waals surface area (Å²) < 4.78 is 0. The zero-order valence-corrected chi connectivity index (χ0v) is 14.6. The van der Waals surface area contributed by atoms with Gasteiger partial charge in [-0.3, -0.25) is 4.79 Å². The van der Waals surface area contributed by atoms with Gasteiger partial charge < -0.3 is 20.4 Å². The van der Waals surface area contributed by atoms with Crippen molar-refractivity contribution in [3.05, 3.63) is 65.2 Å². The van der Waals surface area contributed by atoms with E-state index in [1.54, 1.807) is 4.90 Å². The van der Waals surface area contributed by atoms with Crippen molar-refractivity contribution in [2.75, 3.05) is 11.4 Å². The third-order valence-corrected chi connectivity index (χ3v) is 3.98. The fourth-order valence-corrected chi connectivity index (χ4v) is 2.64. The lowest BCUT2D eigenvalue weighted by Gasteiger charge is -2.14. The third kappa shape index (κ3) is 4.42. The molecule has 3 N–H and O–H groups in total. The van der Waals surface area contributed by atoms with Crippen LogP contribution in [0, 0.1) is 6.92 Å². The molecule has 1 fully saturated rings. The van der Waals surface area contributed by atoms with Crippen molar-refractivity contribution in [1.82, 2.24) is 5.32 Å². The Bertz CT molecular complexity index is 835. The molecule has 0 spiro atoms. The Hall–Kier alpha value is -3.26. The van der Waals surface area contributed by atoms with Gasteiger partial charge in [-0.05, 0) is 49.0 Å². The average Bonchev–Trinajstić information content (AvgIpc) is 2.94. The first-order valence-electron chi connectivity index (χ1n) is 7.54. The Kier molecular flexibility index (Phi) is 6.03. The highest BCUT2D eigenvalue weighted by atomic mass is 32.1. The van der Waals surface area contributed by atoms with Gasteiger partial charge >= 0.3 is 11.9 Å². The molecule has 0 aliphatic carbocycles. The summed E-state index contributed by atoms with van der Waals surface area (Å²) in [6, 6.07) is 13.8. The van der Waals surface area contributed by atoms with E-state index in [-0.39, 0.29) is 22.6 Å². The smallest absolute Gasteiger partial charge is 0.335 e. The molecule has 3 rings (SSSR count). The summed E-state index contributed by atoms with van der Waals surface area (Å²) in [6.45, 7) is 1.80. The molecule has 0 radical (unpaired) electrons. The van der Waals surface area contributed by atoms with Gasteiger partial charge in [0.1, 0.15) is 6.54 Å². The molecule has 1 saturated heterocycles. The van der Waals surface area contributed by atoms with Gasteiger partial charge in [0, 0.05) is 5.69 Å². The number of thiocarbonyl (C=S) groups is 1. The van der Waals surface area contributed by atoms with Gasteiger partial charge in [-0.25, -0.2) is 9.59 Å². The van der Waals surface area contributed by atoms with Crippen molar-refractivity contribution >= 4 is 40.9 Å². The summed E-state index contributed by atoms with van der Waals surface area (Å²) in [4.78, 5) is 34.0. The zero-order valence-electron chi connectivity index (χ0n) is 13.8. The van der Waals surface area contributed by atoms with Gasteiger partial charge in [-0.1, -0.05) is 24.3 Å². The topological polar surface area (TPSA) is 107 Å². The zero-order chi connectivity index (χ0) is 19.3. The predicted molar refractivity (Wildman–Crippen MR) is 99.6 cm³/mol. The maximum atomic E-state index is 11.0. The van der Waals surface area contributed by atoms with Gasteiger partial charge in [0.15, 0.2) is 5.11 Å². The first kappa shape index (κ1) is 19.1. The molecule has 134 valence electrons. The van der Waals surface area contributed by atoms with E-state index >= 15 is 0 Å². The van der Waals surface area contributed by atoms with Crippen LogP contribution in [0.4, 0.5) is 5.69 Å². The van der Waals surface area contributed by atoms with Crippen LogP contribution in [0.2, 0.25) is 0 Å². The number of carbonyl (C=O) groups is 3. The summed E-state index contributed by atoms with van der Waals surface area (Å²) in [5, 5.41) is 20.4. The number of carbonyl (C=O) groups excluding carboxylic acids is 1. The number of hydrogen-bond donors (Lipinski definition) is 3. The van der Waals surface area contributed by atoms with E-state index in [2.05, 4.69) is 5.32 Å². The lowest BCUT2D eigenvalue weighted by Crippen LogP contribution is -2.27. The minimum atomic E-state index is -1.11. The highest BCUT2D eigenvalue weighted by Crippen LogP contribution is 2.15. The number of amides is 1. The first-order valence-corrected chi connectivity index (χ1v) is 7.94. The van der Waals surface area contributed by atoms with Crippen molar-refractivity contribution in [3.8, 4) is 0 Å². The molecule has 1 heterocycles. The van der Waals surface area contributed by atoms with E-state index in [4.69, 9.17) is 22.4 Å². The molecule has 0 aromatic heterocycles. The molecule has 7 nitrogen and oxygen atoms in total. The van der Waals surface area contributed by atoms with Crippen molar-refractivity contribution in [3.63, 3.8) is 0 Å². The normalized spacial score (nSPS) is 12.9. The fourth-order valence-electron chi connectivity index (χ4n) is 2.36. The quantitative estimate of drug-likeness (QED) is 0.710. The molecule has 2 aromatic carbocycles. The largest absolute Gasteiger partial charge is 0.478 e. The number of aromatic carboxylic acids is 2. The maximum Gasteiger partial charge on any atom is 0.335 e. The summed E-state index contributed by atoms with van der Waals surface area (Å²) in [5.74, 6) is -2.27. The van der Waals surface area contributed by atoms with E-state index in [1.807, 2.05) is 30.3 Å². The highest BCUT2D eigenvalue weighted by molar-refractivity contribution is 7.80. The number of carboxylic acid groups (broad SMARTS) is 2. The van der Waals surface area contributed by atoms with E-state index in [1.165, 1.54) is 25.1 Å². The van der Waals surface area contributed by atoms with Crippen molar-refractivity contribution < 1.29 is 24.6 Å². The van der Waals surface area contributed by atoms with Crippen LogP contribution in [0.25, 0.3) is 0 Å². The van der Waals surface area contributed by atoms with Crippen LogP contribution in [0.5, 0.6) is 0 Å². The van der Waals surface area contributed by atoms with E-state index in [9.17, 15) is 14.4 Å². The fraction of sp³-hybridized carbons (Fsp3) is 0.111. The van der Waals surface area contributed by atoms with Crippen LogP contribution in [0.15, 0.2) is 48.5 Å². The summed E-state index contributed by atoms with van der Waals surface area (Å²) in [6.07, 6.45) is 0. The van der Waals surface area contributed by atoms with Crippen LogP contribution >= 0.6 is 12.2 Å². The number of carboxylic acids is 2. The lowest BCUT2D eigenvalue weighted by molar-refractivity contribution is -0.117. The van der Waals surface area contributed by atoms with Gasteiger partial charge in [-0.2, -0.15) is 0 Å². The van der Waals surface area contributed by atoms with Crippen LogP contribution in [-0.4, -0.2) is 39.7 Å². The standard InChI is InChI=1S/C9H8N2OS.C9H8O4/c12-8-6-11(9(13)10-8)7-4-2-1-3-5-7;1-5-6(8(10)11)3-2-4-7(5)9(12)13/h1-5H,6H2,(H,10,12,13);2-4H,1H3,(H,10,11)(H,12,13). The second-order valence-electron chi connectivity index (χ2n) is 5.36. The molecule has 1 amide bonds. The number of hydrogen-bond acceptors (Lipinski definition) is 4. The molecule has 8 heteroatoms. The van der Waals surface area contributed by atoms with Gasteiger partial charge in [0.25, 0.3) is 0 Å². The number of nitrogens with zero attached hydrogens (tertiary/aromatic N) is 1. The molecule has 0 atom stereocenters. The van der Waals surface area contributed by atoms with E-state index < -0.39 is 11.9 Å². The van der Waals surface area contributed by atoms with E-state index in [0.29, 0.717) is 11.7 Å². The Labute approximate surface area is 154 Å². The Balaban J connectivity index is 0.000000187. The number of para-hydroxylation sites is 1. The van der Waals surface area contributed by atoms with Gasteiger partial charge in [0.05, 0.1) is 11.1 Å². The van der Waals surface area contributed by atoms with Crippen LogP contribution < -0.4 is 10.2 Å². The van der Waals surface area contributed by atoms with Crippen LogP contribution in [0.3, 0.4) is 0 Å². The highest BCUT2D eigenvalue weighted by Gasteiger charge is 2.24. The van der Waals surface area contributed by atoms with Crippen molar-refractivity contribution in [2.45, 2.75) is 6.92 Å². The van der Waals surface area contributed by atoms with Crippen molar-refractivity contribution in [1.29, 1.82) is 0 Å². The number of nitrogens with one attached hydrogen (secondary N) is 1. The predicted octanol–water partition coefficient (Wildman–Crippen LogP) is 2.30. The van der Waals surface area contributed by atoms with Gasteiger partial charge in [-0.15, -0.1) is 0 Å². The third-order valence-electron chi connectivity index (χ3n) is 3.66. The minimum absolute atomic E-state index is 0.0277. The number of rotatable bonds is 3. The number of anilines is 1. The molecular formula is C18H16N2O5S. The summed E-state index contributed by atoms with van der Waals surface area (Å²) >= 11 is 4.99. The molecule has 26 heavy (non-hydrogen) atoms. The molecule has 0 saturated carbocycles. The second kappa shape index (κ2) is 8.21. The summed E-state index contributed by atoms with van der Waals surface area (Å²) in [5.41, 5.74) is 1.29. The lowest BCUT2D eigenvalue weighted by atomic mass is 10.0. The molecule has 1 aliphatic rings. The van der Waals surface area contributed by atoms with Crippen molar-refractivity contribution in [2.24, 2.45) is 0 Å². The Morgan fingerprint density at radius 1 is 1.00 bits per heavy atom. The Morgan fingerprint density at radius 3 is 1.96 bits per heavy atom. The number of benzene rings is 2. The van der Waals surface area contributed by atoms with E-state index in [0.717, 1.165) is 5.69 Å². The maximum absolute atomic E-state index is 11.0.